The van der Waals surface area contributed by atoms with Gasteiger partial charge in [-0.3, -0.25) is 0 Å². The van der Waals surface area contributed by atoms with Gasteiger partial charge in [0, 0.05) is 23.4 Å². The minimum atomic E-state index is -0.467. The van der Waals surface area contributed by atoms with Crippen molar-refractivity contribution < 1.29 is 0 Å². The van der Waals surface area contributed by atoms with Crippen molar-refractivity contribution >= 4 is 117 Å². The van der Waals surface area contributed by atoms with E-state index in [1.807, 2.05) is 36.7 Å². The molecule has 8 aromatic carbocycles. The SMILES string of the molecule is Cc1ccccc1P(c1ccccc1)c1ccccc1.Cc1ccccc1P(c1ccccc1)c1ccccc1.I.I.c1ccc2[nH]ccc2c1.c1ccc2[nH]ccc2c1. The maximum absolute atomic E-state index is 3.12. The summed E-state index contributed by atoms with van der Waals surface area (Å²) in [5.41, 5.74) is 5.15. The van der Waals surface area contributed by atoms with Crippen molar-refractivity contribution in [3.63, 3.8) is 0 Å². The summed E-state index contributed by atoms with van der Waals surface area (Å²) in [7, 11) is -0.934. The first-order valence-corrected chi connectivity index (χ1v) is 22.3. The highest BCUT2D eigenvalue weighted by Gasteiger charge is 2.18. The number of benzene rings is 8. The molecule has 10 aromatic rings. The zero-order valence-corrected chi connectivity index (χ0v) is 40.3. The topological polar surface area (TPSA) is 31.6 Å². The van der Waals surface area contributed by atoms with E-state index in [9.17, 15) is 0 Å². The van der Waals surface area contributed by atoms with Crippen molar-refractivity contribution in [2.75, 3.05) is 0 Å². The second-order valence-corrected chi connectivity index (χ2v) is 18.1. The third-order valence-electron chi connectivity index (χ3n) is 9.70. The third-order valence-corrected chi connectivity index (χ3v) is 14.9. The largest absolute Gasteiger partial charge is 0.361 e. The van der Waals surface area contributed by atoms with Crippen LogP contribution in [0.15, 0.2) is 243 Å². The molecular weight excluding hydrogens is 992 g/mol. The Bertz CT molecular complexity index is 2390. The van der Waals surface area contributed by atoms with Gasteiger partial charge in [-0.25, -0.2) is 0 Å². The lowest BCUT2D eigenvalue weighted by molar-refractivity contribution is 1.48. The van der Waals surface area contributed by atoms with E-state index in [2.05, 4.69) is 230 Å². The molecule has 0 aliphatic carbocycles. The summed E-state index contributed by atoms with van der Waals surface area (Å²) in [5.74, 6) is 0. The Hall–Kier alpha value is -4.84. The summed E-state index contributed by atoms with van der Waals surface area (Å²) in [6.45, 7) is 4.41. The molecule has 2 nitrogen and oxygen atoms in total. The van der Waals surface area contributed by atoms with Crippen molar-refractivity contribution in [2.45, 2.75) is 13.8 Å². The van der Waals surface area contributed by atoms with E-state index >= 15 is 0 Å². The Balaban J connectivity index is 0.000000159. The summed E-state index contributed by atoms with van der Waals surface area (Å²) in [4.78, 5) is 6.24. The minimum absolute atomic E-state index is 0. The van der Waals surface area contributed by atoms with Crippen LogP contribution in [-0.4, -0.2) is 9.97 Å². The highest BCUT2D eigenvalue weighted by molar-refractivity contribution is 14.0. The van der Waals surface area contributed by atoms with Crippen LogP contribution in [0.2, 0.25) is 0 Å². The predicted octanol–water partition coefficient (Wildman–Crippen LogP) is 13.1. The molecule has 2 N–H and O–H groups in total. The Kier molecular flexibility index (Phi) is 18.8. The van der Waals surface area contributed by atoms with E-state index in [0.717, 1.165) is 0 Å². The Morgan fingerprint density at radius 3 is 0.850 bits per heavy atom. The van der Waals surface area contributed by atoms with Crippen LogP contribution in [0.4, 0.5) is 0 Å². The highest BCUT2D eigenvalue weighted by Crippen LogP contribution is 2.34. The Morgan fingerprint density at radius 1 is 0.283 bits per heavy atom. The van der Waals surface area contributed by atoms with Crippen molar-refractivity contribution in [3.05, 3.63) is 254 Å². The second-order valence-electron chi connectivity index (χ2n) is 13.7. The monoisotopic (exact) mass is 1040 g/mol. The van der Waals surface area contributed by atoms with Gasteiger partial charge in [-0.2, -0.15) is 0 Å². The Labute approximate surface area is 392 Å². The van der Waals surface area contributed by atoms with Crippen molar-refractivity contribution in [3.8, 4) is 0 Å². The van der Waals surface area contributed by atoms with Gasteiger partial charge in [-0.05, 0) is 108 Å². The summed E-state index contributed by atoms with van der Waals surface area (Å²) in [6, 6.07) is 81.3. The molecule has 2 aromatic heterocycles. The summed E-state index contributed by atoms with van der Waals surface area (Å²) >= 11 is 0. The molecule has 0 aliphatic rings. The molecule has 0 bridgehead atoms. The van der Waals surface area contributed by atoms with E-state index in [4.69, 9.17) is 0 Å². The fourth-order valence-electron chi connectivity index (χ4n) is 6.78. The first kappa shape index (κ1) is 46.2. The van der Waals surface area contributed by atoms with E-state index < -0.39 is 15.8 Å². The number of hydrogen-bond acceptors (Lipinski definition) is 0. The summed E-state index contributed by atoms with van der Waals surface area (Å²) in [6.07, 6.45) is 3.90. The molecular formula is C54H50I2N2P2. The Morgan fingerprint density at radius 2 is 0.550 bits per heavy atom. The number of hydrogen-bond donors (Lipinski definition) is 2. The van der Waals surface area contributed by atoms with Gasteiger partial charge in [0.15, 0.2) is 0 Å². The molecule has 0 spiro atoms. The fourth-order valence-corrected chi connectivity index (χ4v) is 11.7. The number of aryl methyl sites for hydroxylation is 2. The first-order valence-electron chi connectivity index (χ1n) is 19.6. The lowest BCUT2D eigenvalue weighted by Gasteiger charge is -2.21. The lowest BCUT2D eigenvalue weighted by Crippen LogP contribution is -2.22. The fraction of sp³-hybridized carbons (Fsp3) is 0.0370. The zero-order chi connectivity index (χ0) is 39.8. The quantitative estimate of drug-likeness (QED) is 0.123. The number of para-hydroxylation sites is 2. The highest BCUT2D eigenvalue weighted by atomic mass is 127. The molecule has 10 rings (SSSR count). The van der Waals surface area contributed by atoms with Crippen LogP contribution in [0.1, 0.15) is 11.1 Å². The average Bonchev–Trinajstić information content (AvgIpc) is 3.98. The van der Waals surface area contributed by atoms with Gasteiger partial charge in [0.05, 0.1) is 0 Å². The lowest BCUT2D eigenvalue weighted by atomic mass is 10.2. The number of rotatable bonds is 6. The van der Waals surface area contributed by atoms with E-state index in [0.29, 0.717) is 0 Å². The third kappa shape index (κ3) is 12.6. The number of halogens is 2. The first-order chi connectivity index (χ1) is 28.7. The summed E-state index contributed by atoms with van der Waals surface area (Å²) in [5, 5.41) is 11.1. The van der Waals surface area contributed by atoms with Crippen LogP contribution in [0.25, 0.3) is 21.8 Å². The van der Waals surface area contributed by atoms with Crippen LogP contribution in [0.3, 0.4) is 0 Å². The van der Waals surface area contributed by atoms with Gasteiger partial charge >= 0.3 is 0 Å². The smallest absolute Gasteiger partial charge is 0.0453 e. The number of H-pyrrole nitrogens is 2. The molecule has 0 saturated carbocycles. The number of fused-ring (bicyclic) bond motifs is 2. The number of nitrogens with one attached hydrogen (secondary N) is 2. The van der Waals surface area contributed by atoms with Crippen LogP contribution in [-0.2, 0) is 0 Å². The van der Waals surface area contributed by atoms with Gasteiger partial charge in [-0.15, -0.1) is 48.0 Å². The molecule has 0 unspecified atom stereocenters. The normalized spacial score (nSPS) is 10.2. The molecule has 0 atom stereocenters. The van der Waals surface area contributed by atoms with E-state index in [1.54, 1.807) is 0 Å². The molecule has 0 aliphatic heterocycles. The van der Waals surface area contributed by atoms with Crippen LogP contribution in [0.5, 0.6) is 0 Å². The second kappa shape index (κ2) is 24.4. The predicted molar refractivity (Wildman–Crippen MR) is 287 cm³/mol. The van der Waals surface area contributed by atoms with Gasteiger partial charge in [0.25, 0.3) is 0 Å². The molecule has 60 heavy (non-hydrogen) atoms. The van der Waals surface area contributed by atoms with Crippen molar-refractivity contribution in [1.29, 1.82) is 0 Å². The van der Waals surface area contributed by atoms with Crippen molar-refractivity contribution in [2.24, 2.45) is 0 Å². The van der Waals surface area contributed by atoms with E-state index in [-0.39, 0.29) is 48.0 Å². The molecule has 2 heterocycles. The van der Waals surface area contributed by atoms with Gasteiger partial charge in [0.1, 0.15) is 0 Å². The van der Waals surface area contributed by atoms with Gasteiger partial charge < -0.3 is 9.97 Å². The maximum atomic E-state index is 3.12. The molecule has 0 saturated heterocycles. The van der Waals surface area contributed by atoms with E-state index in [1.165, 1.54) is 64.8 Å². The summed E-state index contributed by atoms with van der Waals surface area (Å²) < 4.78 is 0. The molecule has 300 valence electrons. The standard InChI is InChI=1S/2C19H17P.2C8H7N.2HI/c2*1-16-10-8-9-15-19(16)20(17-11-4-2-5-12-17)18-13-6-3-7-14-18;2*1-2-4-8-7(3-1)5-6-9-8;;/h2*2-15H,1H3;2*1-6,9H;2*1H. The molecule has 0 amide bonds. The maximum Gasteiger partial charge on any atom is 0.0453 e. The van der Waals surface area contributed by atoms with Crippen LogP contribution < -0.4 is 31.8 Å². The molecule has 6 heteroatoms. The number of aromatic nitrogens is 2. The average molecular weight is 1040 g/mol. The van der Waals surface area contributed by atoms with Crippen LogP contribution in [0, 0.1) is 13.8 Å². The molecule has 0 radical (unpaired) electrons. The van der Waals surface area contributed by atoms with Crippen LogP contribution >= 0.6 is 63.8 Å². The van der Waals surface area contributed by atoms with Gasteiger partial charge in [0.2, 0.25) is 0 Å². The number of aromatic amines is 2. The van der Waals surface area contributed by atoms with Gasteiger partial charge in [-0.1, -0.05) is 206 Å². The molecule has 0 fully saturated rings. The minimum Gasteiger partial charge on any atom is -0.361 e. The zero-order valence-electron chi connectivity index (χ0n) is 33.8. The van der Waals surface area contributed by atoms with Crippen molar-refractivity contribution in [1.82, 2.24) is 9.97 Å².